The molecule has 14 heavy (non-hydrogen) atoms. The van der Waals surface area contributed by atoms with Crippen molar-refractivity contribution in [1.82, 2.24) is 4.98 Å². The van der Waals surface area contributed by atoms with E-state index in [0.29, 0.717) is 5.01 Å². The van der Waals surface area contributed by atoms with Crippen molar-refractivity contribution in [2.45, 2.75) is 20.3 Å². The van der Waals surface area contributed by atoms with E-state index >= 15 is 0 Å². The van der Waals surface area contributed by atoms with Crippen LogP contribution in [0.1, 0.15) is 33.7 Å². The molecular formula is C8H9F2NO2S. The van der Waals surface area contributed by atoms with Crippen LogP contribution in [0.2, 0.25) is 0 Å². The number of alkyl halides is 2. The highest BCUT2D eigenvalue weighted by molar-refractivity contribution is 7.13. The van der Waals surface area contributed by atoms with E-state index in [1.54, 1.807) is 13.8 Å². The van der Waals surface area contributed by atoms with E-state index in [-0.39, 0.29) is 11.5 Å². The maximum Gasteiger partial charge on any atom is 0.350 e. The summed E-state index contributed by atoms with van der Waals surface area (Å²) in [5.41, 5.74) is -0.481. The average molecular weight is 221 g/mol. The fourth-order valence-corrected chi connectivity index (χ4v) is 1.75. The number of thiazole rings is 1. The molecule has 1 aromatic rings. The van der Waals surface area contributed by atoms with Gasteiger partial charge in [0.1, 0.15) is 10.6 Å². The van der Waals surface area contributed by atoms with Crippen molar-refractivity contribution < 1.29 is 18.3 Å². The minimum absolute atomic E-state index is 0.0978. The fourth-order valence-electron chi connectivity index (χ4n) is 0.934. The van der Waals surface area contributed by atoms with Crippen molar-refractivity contribution in [3.8, 4) is 0 Å². The number of rotatable bonds is 3. The van der Waals surface area contributed by atoms with Gasteiger partial charge in [-0.05, 0) is 13.8 Å². The summed E-state index contributed by atoms with van der Waals surface area (Å²) in [5.74, 6) is -0.728. The van der Waals surface area contributed by atoms with Crippen LogP contribution >= 0.6 is 11.3 Å². The molecule has 0 spiro atoms. The van der Waals surface area contributed by atoms with Crippen LogP contribution in [0, 0.1) is 6.92 Å². The number of nitrogens with zero attached hydrogens (tertiary/aromatic N) is 1. The number of halogens is 2. The number of hydrogen-bond acceptors (Lipinski definition) is 4. The van der Waals surface area contributed by atoms with Crippen molar-refractivity contribution >= 4 is 17.3 Å². The van der Waals surface area contributed by atoms with Crippen molar-refractivity contribution in [3.05, 3.63) is 15.6 Å². The maximum absolute atomic E-state index is 12.4. The lowest BCUT2D eigenvalue weighted by molar-refractivity contribution is 0.0521. The molecule has 1 heterocycles. The number of ether oxygens (including phenoxy) is 1. The van der Waals surface area contributed by atoms with Crippen LogP contribution in [-0.4, -0.2) is 17.6 Å². The van der Waals surface area contributed by atoms with Crippen LogP contribution in [0.25, 0.3) is 0 Å². The van der Waals surface area contributed by atoms with Gasteiger partial charge in [-0.25, -0.2) is 18.6 Å². The van der Waals surface area contributed by atoms with Gasteiger partial charge in [0.05, 0.1) is 11.6 Å². The van der Waals surface area contributed by atoms with E-state index in [1.807, 2.05) is 0 Å². The first-order valence-corrected chi connectivity index (χ1v) is 4.80. The minimum atomic E-state index is -2.74. The number of aromatic nitrogens is 1. The fraction of sp³-hybridized carbons (Fsp3) is 0.500. The predicted octanol–water partition coefficient (Wildman–Crippen LogP) is 2.57. The second-order valence-corrected chi connectivity index (χ2v) is 3.67. The summed E-state index contributed by atoms with van der Waals surface area (Å²) < 4.78 is 29.4. The predicted molar refractivity (Wildman–Crippen MR) is 47.8 cm³/mol. The summed E-state index contributed by atoms with van der Waals surface area (Å²) >= 11 is 0.925. The second-order valence-electron chi connectivity index (χ2n) is 2.47. The molecule has 78 valence electrons. The molecule has 0 N–H and O–H groups in total. The molecule has 0 saturated heterocycles. The number of carbonyl (C=O) groups is 1. The number of carbonyl (C=O) groups excluding carboxylic acids is 1. The van der Waals surface area contributed by atoms with Crippen molar-refractivity contribution in [1.29, 1.82) is 0 Å². The monoisotopic (exact) mass is 221 g/mol. The average Bonchev–Trinajstić information content (AvgIpc) is 2.48. The van der Waals surface area contributed by atoms with Gasteiger partial charge in [0.2, 0.25) is 0 Å². The van der Waals surface area contributed by atoms with Crippen molar-refractivity contribution in [2.75, 3.05) is 6.61 Å². The third-order valence-corrected chi connectivity index (χ3v) is 2.39. The van der Waals surface area contributed by atoms with Gasteiger partial charge in [0.25, 0.3) is 6.43 Å². The first kappa shape index (κ1) is 11.0. The standard InChI is InChI=1S/C8H9F2NO2S/c1-3-13-8(12)6-5(7(9)10)11-4(2)14-6/h7H,3H2,1-2H3. The normalized spacial score (nSPS) is 10.6. The molecule has 0 aliphatic carbocycles. The van der Waals surface area contributed by atoms with Crippen LogP contribution in [0.15, 0.2) is 0 Å². The third-order valence-electron chi connectivity index (χ3n) is 1.43. The Morgan fingerprint density at radius 1 is 1.64 bits per heavy atom. The quantitative estimate of drug-likeness (QED) is 0.736. The Balaban J connectivity index is 3.00. The maximum atomic E-state index is 12.4. The van der Waals surface area contributed by atoms with Crippen LogP contribution in [-0.2, 0) is 4.74 Å². The molecule has 0 saturated carbocycles. The van der Waals surface area contributed by atoms with Crippen molar-refractivity contribution in [2.24, 2.45) is 0 Å². The van der Waals surface area contributed by atoms with Crippen molar-refractivity contribution in [3.63, 3.8) is 0 Å². The van der Waals surface area contributed by atoms with Crippen LogP contribution in [0.5, 0.6) is 0 Å². The highest BCUT2D eigenvalue weighted by atomic mass is 32.1. The summed E-state index contributed by atoms with van der Waals surface area (Å²) in [6, 6.07) is 0. The molecule has 6 heteroatoms. The van der Waals surface area contributed by atoms with Crippen LogP contribution < -0.4 is 0 Å². The molecule has 0 aromatic carbocycles. The summed E-state index contributed by atoms with van der Waals surface area (Å²) in [6.07, 6.45) is -2.74. The van der Waals surface area contributed by atoms with E-state index in [1.165, 1.54) is 0 Å². The number of aryl methyl sites for hydroxylation is 1. The summed E-state index contributed by atoms with van der Waals surface area (Å²) in [7, 11) is 0. The Bertz CT molecular complexity index is 338. The Labute approximate surface area is 83.7 Å². The SMILES string of the molecule is CCOC(=O)c1sc(C)nc1C(F)F. The van der Waals surface area contributed by atoms with Gasteiger partial charge >= 0.3 is 5.97 Å². The zero-order valence-electron chi connectivity index (χ0n) is 7.71. The molecule has 0 bridgehead atoms. The molecule has 0 fully saturated rings. The molecule has 0 aliphatic heterocycles. The topological polar surface area (TPSA) is 39.2 Å². The van der Waals surface area contributed by atoms with E-state index in [0.717, 1.165) is 11.3 Å². The highest BCUT2D eigenvalue weighted by Crippen LogP contribution is 2.27. The molecule has 0 radical (unpaired) electrons. The molecular weight excluding hydrogens is 212 g/mol. The largest absolute Gasteiger partial charge is 0.462 e. The van der Waals surface area contributed by atoms with Gasteiger partial charge in [-0.1, -0.05) is 0 Å². The van der Waals surface area contributed by atoms with E-state index in [2.05, 4.69) is 9.72 Å². The summed E-state index contributed by atoms with van der Waals surface area (Å²) in [6.45, 7) is 3.35. The van der Waals surface area contributed by atoms with Gasteiger partial charge < -0.3 is 4.74 Å². The molecule has 1 aromatic heterocycles. The van der Waals surface area contributed by atoms with Gasteiger partial charge in [-0.2, -0.15) is 0 Å². The van der Waals surface area contributed by atoms with Crippen LogP contribution in [0.3, 0.4) is 0 Å². The van der Waals surface area contributed by atoms with Gasteiger partial charge in [0.15, 0.2) is 0 Å². The lowest BCUT2D eigenvalue weighted by atomic mass is 10.4. The molecule has 0 atom stereocenters. The van der Waals surface area contributed by atoms with E-state index in [9.17, 15) is 13.6 Å². The summed E-state index contributed by atoms with van der Waals surface area (Å²) in [4.78, 5) is 14.7. The molecule has 0 unspecified atom stereocenters. The number of esters is 1. The van der Waals surface area contributed by atoms with E-state index < -0.39 is 18.1 Å². The summed E-state index contributed by atoms with van der Waals surface area (Å²) in [5, 5.41) is 0.434. The van der Waals surface area contributed by atoms with Crippen LogP contribution in [0.4, 0.5) is 8.78 Å². The van der Waals surface area contributed by atoms with Gasteiger partial charge in [-0.3, -0.25) is 0 Å². The van der Waals surface area contributed by atoms with E-state index in [4.69, 9.17) is 0 Å². The number of hydrogen-bond donors (Lipinski definition) is 0. The first-order valence-electron chi connectivity index (χ1n) is 3.98. The Hall–Kier alpha value is -1.04. The molecule has 0 amide bonds. The lowest BCUT2D eigenvalue weighted by Gasteiger charge is -2.00. The second kappa shape index (κ2) is 4.45. The lowest BCUT2D eigenvalue weighted by Crippen LogP contribution is -2.05. The Morgan fingerprint density at radius 2 is 2.29 bits per heavy atom. The first-order chi connectivity index (χ1) is 6.56. The minimum Gasteiger partial charge on any atom is -0.462 e. The zero-order chi connectivity index (χ0) is 10.7. The smallest absolute Gasteiger partial charge is 0.350 e. The third kappa shape index (κ3) is 2.25. The van der Waals surface area contributed by atoms with Gasteiger partial charge in [-0.15, -0.1) is 11.3 Å². The Kier molecular flexibility index (Phi) is 3.51. The molecule has 1 rings (SSSR count). The van der Waals surface area contributed by atoms with Gasteiger partial charge in [0, 0.05) is 0 Å². The molecule has 3 nitrogen and oxygen atoms in total. The molecule has 0 aliphatic rings. The highest BCUT2D eigenvalue weighted by Gasteiger charge is 2.24. The Morgan fingerprint density at radius 3 is 2.79 bits per heavy atom. The zero-order valence-corrected chi connectivity index (χ0v) is 8.53.